The second-order valence-electron chi connectivity index (χ2n) is 5.02. The molecule has 1 atom stereocenters. The van der Waals surface area contributed by atoms with Crippen molar-refractivity contribution in [3.05, 3.63) is 59.2 Å². The fourth-order valence-electron chi connectivity index (χ4n) is 2.27. The Morgan fingerprint density at radius 2 is 1.73 bits per heavy atom. The Hall–Kier alpha value is -2.14. The lowest BCUT2D eigenvalue weighted by Crippen LogP contribution is -2.07. The van der Waals surface area contributed by atoms with E-state index < -0.39 is 0 Å². The molecule has 1 aliphatic rings. The maximum atomic E-state index is 5.36. The van der Waals surface area contributed by atoms with Gasteiger partial charge in [-0.05, 0) is 24.6 Å². The van der Waals surface area contributed by atoms with Crippen molar-refractivity contribution in [3.8, 4) is 11.5 Å². The normalized spacial score (nSPS) is 16.9. The number of aryl methyl sites for hydroxylation is 1. The highest BCUT2D eigenvalue weighted by Crippen LogP contribution is 2.38. The molecule has 0 amide bonds. The van der Waals surface area contributed by atoms with Crippen molar-refractivity contribution in [1.29, 1.82) is 0 Å². The molecule has 0 saturated carbocycles. The smallest absolute Gasteiger partial charge is 0.161 e. The Bertz CT molecular complexity index is 698. The van der Waals surface area contributed by atoms with E-state index in [4.69, 9.17) is 9.47 Å². The van der Waals surface area contributed by atoms with Crippen molar-refractivity contribution in [2.24, 2.45) is 5.10 Å². The molecule has 5 heteroatoms. The lowest BCUT2D eigenvalue weighted by Gasteiger charge is -2.13. The lowest BCUT2D eigenvalue weighted by molar-refractivity contribution is 0.354. The van der Waals surface area contributed by atoms with Crippen LogP contribution in [0.1, 0.15) is 22.1 Å². The van der Waals surface area contributed by atoms with E-state index in [1.807, 2.05) is 18.2 Å². The van der Waals surface area contributed by atoms with Gasteiger partial charge >= 0.3 is 0 Å². The lowest BCUT2D eigenvalue weighted by atomic mass is 10.2. The zero-order chi connectivity index (χ0) is 15.5. The van der Waals surface area contributed by atoms with E-state index in [0.717, 1.165) is 27.7 Å². The Morgan fingerprint density at radius 1 is 1.00 bits per heavy atom. The summed E-state index contributed by atoms with van der Waals surface area (Å²) in [7, 11) is 3.28. The molecule has 0 spiro atoms. The van der Waals surface area contributed by atoms with E-state index in [1.165, 1.54) is 5.56 Å². The van der Waals surface area contributed by atoms with Gasteiger partial charge in [0.25, 0.3) is 0 Å². The monoisotopic (exact) mass is 314 g/mol. The van der Waals surface area contributed by atoms with E-state index in [-0.39, 0.29) is 5.37 Å². The highest BCUT2D eigenvalue weighted by molar-refractivity contribution is 8.14. The molecule has 0 unspecified atom stereocenters. The van der Waals surface area contributed by atoms with Crippen LogP contribution in [-0.2, 0) is 0 Å². The first-order valence-electron chi connectivity index (χ1n) is 7.00. The first-order chi connectivity index (χ1) is 10.7. The Morgan fingerprint density at radius 3 is 2.41 bits per heavy atom. The zero-order valence-corrected chi connectivity index (χ0v) is 13.6. The summed E-state index contributed by atoms with van der Waals surface area (Å²) < 4.78 is 10.6. The summed E-state index contributed by atoms with van der Waals surface area (Å²) in [6.45, 7) is 2.08. The van der Waals surface area contributed by atoms with E-state index in [2.05, 4.69) is 41.7 Å². The average molecular weight is 314 g/mol. The quantitative estimate of drug-likeness (QED) is 0.934. The number of hydrogen-bond donors (Lipinski definition) is 1. The van der Waals surface area contributed by atoms with Crippen LogP contribution in [0.15, 0.2) is 47.6 Å². The number of nitrogens with one attached hydrogen (secondary N) is 1. The predicted molar refractivity (Wildman–Crippen MR) is 90.7 cm³/mol. The fourth-order valence-corrected chi connectivity index (χ4v) is 3.26. The van der Waals surface area contributed by atoms with Crippen molar-refractivity contribution in [2.45, 2.75) is 12.3 Å². The van der Waals surface area contributed by atoms with Crippen LogP contribution in [0.5, 0.6) is 11.5 Å². The van der Waals surface area contributed by atoms with Crippen molar-refractivity contribution in [1.82, 2.24) is 5.43 Å². The summed E-state index contributed by atoms with van der Waals surface area (Å²) in [4.78, 5) is 0. The molecule has 0 saturated heterocycles. The minimum atomic E-state index is 0.0797. The topological polar surface area (TPSA) is 42.8 Å². The van der Waals surface area contributed by atoms with Gasteiger partial charge in [0.2, 0.25) is 0 Å². The van der Waals surface area contributed by atoms with Gasteiger partial charge in [-0.15, -0.1) is 0 Å². The minimum Gasteiger partial charge on any atom is -0.493 e. The van der Waals surface area contributed by atoms with Gasteiger partial charge in [0.15, 0.2) is 11.5 Å². The van der Waals surface area contributed by atoms with Crippen LogP contribution in [-0.4, -0.2) is 19.3 Å². The molecule has 4 nitrogen and oxygen atoms in total. The molecule has 0 aliphatic carbocycles. The fraction of sp³-hybridized carbons (Fsp3) is 0.235. The van der Waals surface area contributed by atoms with Crippen molar-refractivity contribution in [3.63, 3.8) is 0 Å². The standard InChI is InChI=1S/C17H18N2O2S/c1-11-4-6-12(7-5-11)16-18-19-17(22-16)13-8-9-14(20-2)15(10-13)21-3/h4-10,17,19H,1-3H3/t17-/m0/s1. The SMILES string of the molecule is COc1ccc([C@H]2NN=C(c3ccc(C)cc3)S2)cc1OC. The maximum absolute atomic E-state index is 5.36. The molecular formula is C17H18N2O2S. The predicted octanol–water partition coefficient (Wildman–Crippen LogP) is 3.71. The molecule has 2 aromatic rings. The molecule has 0 aromatic heterocycles. The molecule has 1 aliphatic heterocycles. The summed E-state index contributed by atoms with van der Waals surface area (Å²) in [6.07, 6.45) is 0. The third-order valence-corrected chi connectivity index (χ3v) is 4.69. The van der Waals surface area contributed by atoms with Gasteiger partial charge in [0.05, 0.1) is 14.2 Å². The number of thioether (sulfide) groups is 1. The van der Waals surface area contributed by atoms with Crippen molar-refractivity contribution < 1.29 is 9.47 Å². The van der Waals surface area contributed by atoms with Gasteiger partial charge in [-0.3, -0.25) is 5.43 Å². The molecule has 1 N–H and O–H groups in total. The van der Waals surface area contributed by atoms with Crippen LogP contribution >= 0.6 is 11.8 Å². The van der Waals surface area contributed by atoms with Gasteiger partial charge in [0, 0.05) is 5.56 Å². The molecule has 3 rings (SSSR count). The van der Waals surface area contributed by atoms with Crippen molar-refractivity contribution in [2.75, 3.05) is 14.2 Å². The van der Waals surface area contributed by atoms with Crippen molar-refractivity contribution >= 4 is 16.8 Å². The summed E-state index contributed by atoms with van der Waals surface area (Å²) in [6, 6.07) is 14.3. The Labute approximate surface area is 134 Å². The molecule has 1 heterocycles. The van der Waals surface area contributed by atoms with Gasteiger partial charge in [-0.2, -0.15) is 5.10 Å². The van der Waals surface area contributed by atoms with E-state index in [1.54, 1.807) is 26.0 Å². The molecule has 2 aromatic carbocycles. The third-order valence-electron chi connectivity index (χ3n) is 3.52. The largest absolute Gasteiger partial charge is 0.493 e. The van der Waals surface area contributed by atoms with E-state index >= 15 is 0 Å². The molecular weight excluding hydrogens is 296 g/mol. The maximum Gasteiger partial charge on any atom is 0.161 e. The van der Waals surface area contributed by atoms with E-state index in [0.29, 0.717) is 0 Å². The van der Waals surface area contributed by atoms with Crippen LogP contribution in [0.3, 0.4) is 0 Å². The Kier molecular flexibility index (Phi) is 4.24. The van der Waals surface area contributed by atoms with Crippen LogP contribution in [0.25, 0.3) is 0 Å². The first kappa shape index (κ1) is 14.8. The highest BCUT2D eigenvalue weighted by Gasteiger charge is 2.23. The van der Waals surface area contributed by atoms with Crippen LogP contribution in [0, 0.1) is 6.92 Å². The number of benzene rings is 2. The number of hydrazone groups is 1. The average Bonchev–Trinajstić information content (AvgIpc) is 3.05. The van der Waals surface area contributed by atoms with Gasteiger partial charge in [-0.25, -0.2) is 0 Å². The van der Waals surface area contributed by atoms with Gasteiger partial charge in [0.1, 0.15) is 10.4 Å². The summed E-state index contributed by atoms with van der Waals surface area (Å²) >= 11 is 1.70. The highest BCUT2D eigenvalue weighted by atomic mass is 32.2. The van der Waals surface area contributed by atoms with E-state index in [9.17, 15) is 0 Å². The molecule has 0 bridgehead atoms. The van der Waals surface area contributed by atoms with Crippen LogP contribution in [0.2, 0.25) is 0 Å². The second-order valence-corrected chi connectivity index (χ2v) is 6.12. The van der Waals surface area contributed by atoms with Gasteiger partial charge < -0.3 is 9.47 Å². The summed E-state index contributed by atoms with van der Waals surface area (Å²) in [5, 5.41) is 5.53. The Balaban J connectivity index is 1.78. The second kappa shape index (κ2) is 6.32. The zero-order valence-electron chi connectivity index (χ0n) is 12.8. The minimum absolute atomic E-state index is 0.0797. The number of ether oxygens (including phenoxy) is 2. The van der Waals surface area contributed by atoms with Crippen LogP contribution < -0.4 is 14.9 Å². The van der Waals surface area contributed by atoms with Gasteiger partial charge in [-0.1, -0.05) is 47.7 Å². The number of nitrogens with zero attached hydrogens (tertiary/aromatic N) is 1. The number of hydrogen-bond acceptors (Lipinski definition) is 5. The molecule has 114 valence electrons. The molecule has 0 radical (unpaired) electrons. The molecule has 22 heavy (non-hydrogen) atoms. The number of rotatable bonds is 4. The third kappa shape index (κ3) is 2.90. The molecule has 0 fully saturated rings. The number of methoxy groups -OCH3 is 2. The summed E-state index contributed by atoms with van der Waals surface area (Å²) in [5.41, 5.74) is 6.66. The van der Waals surface area contributed by atoms with Crippen LogP contribution in [0.4, 0.5) is 0 Å². The first-order valence-corrected chi connectivity index (χ1v) is 7.88. The summed E-state index contributed by atoms with van der Waals surface area (Å²) in [5.74, 6) is 1.46.